The molecule has 0 saturated carbocycles. The van der Waals surface area contributed by atoms with Crippen LogP contribution < -0.4 is 16.4 Å². The summed E-state index contributed by atoms with van der Waals surface area (Å²) < 4.78 is 10.2. The summed E-state index contributed by atoms with van der Waals surface area (Å²) in [7, 11) is 0. The smallest absolute Gasteiger partial charge is 0.408 e. The molecule has 0 aliphatic rings. The zero-order chi connectivity index (χ0) is 29.6. The Morgan fingerprint density at radius 3 is 2.26 bits per heavy atom. The number of benzene rings is 1. The number of nitrogens with two attached hydrogens (primary N) is 1. The second-order valence-corrected chi connectivity index (χ2v) is 9.77. The Labute approximate surface area is 230 Å². The number of nitrogens with one attached hydrogen (secondary N) is 2. The van der Waals surface area contributed by atoms with Gasteiger partial charge in [-0.2, -0.15) is 0 Å². The molecule has 0 bridgehead atoms. The first-order valence-corrected chi connectivity index (χ1v) is 12.9. The van der Waals surface area contributed by atoms with Crippen LogP contribution in [0.4, 0.5) is 4.79 Å². The lowest BCUT2D eigenvalue weighted by Crippen LogP contribution is -2.54. The molecular formula is C28H40N4O7. The summed E-state index contributed by atoms with van der Waals surface area (Å²) in [5.74, 6) is -0.0578. The van der Waals surface area contributed by atoms with Gasteiger partial charge >= 0.3 is 12.1 Å². The van der Waals surface area contributed by atoms with Gasteiger partial charge in [-0.1, -0.05) is 31.4 Å². The van der Waals surface area contributed by atoms with E-state index in [2.05, 4.69) is 16.6 Å². The molecule has 1 aromatic carbocycles. The Hall–Kier alpha value is -4.07. The average Bonchev–Trinajstić information content (AvgIpc) is 2.84. The molecule has 11 heteroatoms. The number of carbonyl (C=O) groups excluding carboxylic acids is 5. The van der Waals surface area contributed by atoms with Crippen molar-refractivity contribution in [2.75, 3.05) is 19.7 Å². The molecule has 0 spiro atoms. The van der Waals surface area contributed by atoms with Crippen molar-refractivity contribution in [1.29, 1.82) is 0 Å². The summed E-state index contributed by atoms with van der Waals surface area (Å²) in [5.41, 5.74) is 5.55. The van der Waals surface area contributed by atoms with Gasteiger partial charge in [0.1, 0.15) is 17.7 Å². The van der Waals surface area contributed by atoms with E-state index in [0.29, 0.717) is 24.0 Å². The molecule has 0 aromatic heterocycles. The summed E-state index contributed by atoms with van der Waals surface area (Å²) in [6.45, 7) is 8.88. The summed E-state index contributed by atoms with van der Waals surface area (Å²) in [4.78, 5) is 64.7. The number of primary amides is 1. The third-order valence-electron chi connectivity index (χ3n) is 5.32. The number of nitrogens with zero attached hydrogens (tertiary/aromatic N) is 1. The Balaban J connectivity index is 3.43. The summed E-state index contributed by atoms with van der Waals surface area (Å²) >= 11 is 0. The molecule has 11 nitrogen and oxygen atoms in total. The number of ether oxygens (including phenoxy) is 2. The third-order valence-corrected chi connectivity index (χ3v) is 5.32. The fourth-order valence-electron chi connectivity index (χ4n) is 3.60. The SMILES string of the molecule is C#Cc1ccc(C(C(=O)NCCC(=O)OCC)N(CCCC)C(=O)C(CC(N)=O)NC(=O)OC(C)(C)C)cc1. The number of carbonyl (C=O) groups is 5. The van der Waals surface area contributed by atoms with E-state index in [1.807, 2.05) is 6.92 Å². The fourth-order valence-corrected chi connectivity index (χ4v) is 3.60. The normalized spacial score (nSPS) is 12.3. The minimum atomic E-state index is -1.38. The first-order valence-electron chi connectivity index (χ1n) is 12.9. The molecule has 2 unspecified atom stereocenters. The van der Waals surface area contributed by atoms with Crippen molar-refractivity contribution in [3.05, 3.63) is 35.4 Å². The zero-order valence-electron chi connectivity index (χ0n) is 23.4. The molecule has 1 aromatic rings. The predicted octanol–water partition coefficient (Wildman–Crippen LogP) is 2.18. The topological polar surface area (TPSA) is 157 Å². The van der Waals surface area contributed by atoms with Crippen LogP contribution in [0.2, 0.25) is 0 Å². The standard InChI is InChI=1S/C28H40N4O7/c1-7-10-17-32(26(36)21(18-22(29)33)31-27(37)39-28(4,5)6)24(20-13-11-19(8-2)12-14-20)25(35)30-16-15-23(34)38-9-3/h2,11-14,21,24H,7,9-10,15-18H2,1,3-6H3,(H2,29,33)(H,30,35)(H,31,37). The molecule has 0 heterocycles. The van der Waals surface area contributed by atoms with E-state index in [4.69, 9.17) is 21.6 Å². The Kier molecular flexibility index (Phi) is 13.5. The van der Waals surface area contributed by atoms with Crippen LogP contribution in [0, 0.1) is 12.3 Å². The number of hydrogen-bond acceptors (Lipinski definition) is 7. The van der Waals surface area contributed by atoms with Crippen molar-refractivity contribution in [3.8, 4) is 12.3 Å². The van der Waals surface area contributed by atoms with Crippen molar-refractivity contribution >= 4 is 29.8 Å². The maximum atomic E-state index is 13.9. The van der Waals surface area contributed by atoms with Gasteiger partial charge in [0.05, 0.1) is 19.4 Å². The molecule has 0 saturated heterocycles. The number of terminal acetylenes is 1. The minimum Gasteiger partial charge on any atom is -0.466 e. The first kappa shape index (κ1) is 33.0. The van der Waals surface area contributed by atoms with Gasteiger partial charge in [-0.15, -0.1) is 6.42 Å². The number of alkyl carbamates (subject to hydrolysis) is 1. The Morgan fingerprint density at radius 2 is 1.74 bits per heavy atom. The van der Waals surface area contributed by atoms with Crippen LogP contribution in [-0.4, -0.2) is 66.0 Å². The van der Waals surface area contributed by atoms with E-state index in [-0.39, 0.29) is 26.1 Å². The monoisotopic (exact) mass is 544 g/mol. The molecule has 0 fully saturated rings. The van der Waals surface area contributed by atoms with Crippen molar-refractivity contribution in [3.63, 3.8) is 0 Å². The largest absolute Gasteiger partial charge is 0.466 e. The molecule has 4 N–H and O–H groups in total. The van der Waals surface area contributed by atoms with Gasteiger partial charge in [-0.05, 0) is 51.8 Å². The van der Waals surface area contributed by atoms with E-state index in [1.54, 1.807) is 52.0 Å². The van der Waals surface area contributed by atoms with E-state index in [0.717, 1.165) is 0 Å². The van der Waals surface area contributed by atoms with E-state index in [1.165, 1.54) is 4.90 Å². The highest BCUT2D eigenvalue weighted by Gasteiger charge is 2.36. The quantitative estimate of drug-likeness (QED) is 0.239. The maximum Gasteiger partial charge on any atom is 0.408 e. The molecule has 39 heavy (non-hydrogen) atoms. The van der Waals surface area contributed by atoms with Gasteiger partial charge in [0.25, 0.3) is 0 Å². The molecule has 4 amide bonds. The Bertz CT molecular complexity index is 1040. The van der Waals surface area contributed by atoms with Crippen LogP contribution >= 0.6 is 0 Å². The van der Waals surface area contributed by atoms with Gasteiger partial charge < -0.3 is 30.7 Å². The van der Waals surface area contributed by atoms with Gasteiger partial charge in [0.2, 0.25) is 17.7 Å². The summed E-state index contributed by atoms with van der Waals surface area (Å²) in [6, 6.07) is 3.98. The lowest BCUT2D eigenvalue weighted by Gasteiger charge is -2.34. The van der Waals surface area contributed by atoms with E-state index >= 15 is 0 Å². The first-order chi connectivity index (χ1) is 18.3. The highest BCUT2D eigenvalue weighted by molar-refractivity contribution is 5.94. The van der Waals surface area contributed by atoms with Gasteiger partial charge in [-0.25, -0.2) is 4.79 Å². The number of unbranched alkanes of at least 4 members (excludes halogenated alkanes) is 1. The van der Waals surface area contributed by atoms with Crippen molar-refractivity contribution in [2.24, 2.45) is 5.73 Å². The number of esters is 1. The summed E-state index contributed by atoms with van der Waals surface area (Å²) in [5, 5.41) is 5.11. The number of rotatable bonds is 14. The molecule has 1 rings (SSSR count). The van der Waals surface area contributed by atoms with Crippen LogP contribution in [0.15, 0.2) is 24.3 Å². The summed E-state index contributed by atoms with van der Waals surface area (Å²) in [6.07, 6.45) is 5.21. The molecule has 214 valence electrons. The van der Waals surface area contributed by atoms with E-state index < -0.39 is 53.9 Å². The third kappa shape index (κ3) is 11.9. The molecule has 0 radical (unpaired) electrons. The zero-order valence-corrected chi connectivity index (χ0v) is 23.4. The van der Waals surface area contributed by atoms with Crippen LogP contribution in [0.25, 0.3) is 0 Å². The maximum absolute atomic E-state index is 13.9. The molecule has 2 atom stereocenters. The highest BCUT2D eigenvalue weighted by atomic mass is 16.6. The van der Waals surface area contributed by atoms with E-state index in [9.17, 15) is 24.0 Å². The lowest BCUT2D eigenvalue weighted by atomic mass is 10.00. The number of amides is 4. The number of hydrogen-bond donors (Lipinski definition) is 3. The van der Waals surface area contributed by atoms with Crippen molar-refractivity contribution < 1.29 is 33.4 Å². The van der Waals surface area contributed by atoms with Crippen LogP contribution in [0.5, 0.6) is 0 Å². The van der Waals surface area contributed by atoms with Gasteiger partial charge in [0.15, 0.2) is 0 Å². The lowest BCUT2D eigenvalue weighted by molar-refractivity contribution is -0.144. The average molecular weight is 545 g/mol. The van der Waals surface area contributed by atoms with Crippen LogP contribution in [0.1, 0.15) is 77.5 Å². The van der Waals surface area contributed by atoms with Gasteiger partial charge in [0, 0.05) is 18.7 Å². The van der Waals surface area contributed by atoms with Crippen LogP contribution in [-0.2, 0) is 28.7 Å². The molecular weight excluding hydrogens is 504 g/mol. The predicted molar refractivity (Wildman–Crippen MR) is 145 cm³/mol. The Morgan fingerprint density at radius 1 is 1.10 bits per heavy atom. The molecule has 0 aliphatic carbocycles. The van der Waals surface area contributed by atoms with Gasteiger partial charge in [-0.3, -0.25) is 19.2 Å². The van der Waals surface area contributed by atoms with Crippen molar-refractivity contribution in [1.82, 2.24) is 15.5 Å². The second kappa shape index (κ2) is 16.0. The highest BCUT2D eigenvalue weighted by Crippen LogP contribution is 2.24. The minimum absolute atomic E-state index is 0.0205. The van der Waals surface area contributed by atoms with Crippen LogP contribution in [0.3, 0.4) is 0 Å². The van der Waals surface area contributed by atoms with Crippen molar-refractivity contribution in [2.45, 2.75) is 78.0 Å². The second-order valence-electron chi connectivity index (χ2n) is 9.77. The molecule has 0 aliphatic heterocycles. The fraction of sp³-hybridized carbons (Fsp3) is 0.536.